The number of nitrogens with zero attached hydrogens (tertiary/aromatic N) is 1. The van der Waals surface area contributed by atoms with E-state index in [0.29, 0.717) is 0 Å². The fraction of sp³-hybridized carbons (Fsp3) is 0.905. The highest BCUT2D eigenvalue weighted by Crippen LogP contribution is 2.42. The Morgan fingerprint density at radius 2 is 1.09 bits per heavy atom. The Labute approximate surface area is 137 Å². The largest absolute Gasteiger partial charge is 0.300 e. The summed E-state index contributed by atoms with van der Waals surface area (Å²) in [5.41, 5.74) is 0. The summed E-state index contributed by atoms with van der Waals surface area (Å²) < 4.78 is 0. The summed E-state index contributed by atoms with van der Waals surface area (Å²) in [5.74, 6) is 4.23. The molecule has 1 nitrogen and oxygen atoms in total. The Bertz CT molecular complexity index is 355. The van der Waals surface area contributed by atoms with Crippen molar-refractivity contribution in [2.24, 2.45) is 23.7 Å². The first kappa shape index (κ1) is 15.2. The highest BCUT2D eigenvalue weighted by molar-refractivity contribution is 4.95. The summed E-state index contributed by atoms with van der Waals surface area (Å²) in [7, 11) is 0. The number of likely N-dealkylation sites (tertiary alicyclic amines) is 1. The van der Waals surface area contributed by atoms with Crippen LogP contribution in [0.4, 0.5) is 0 Å². The van der Waals surface area contributed by atoms with Crippen LogP contribution in [0.5, 0.6) is 0 Å². The molecule has 1 heterocycles. The molecule has 22 heavy (non-hydrogen) atoms. The molecule has 124 valence electrons. The van der Waals surface area contributed by atoms with E-state index >= 15 is 0 Å². The number of rotatable bonds is 2. The number of hydrogen-bond acceptors (Lipinski definition) is 1. The van der Waals surface area contributed by atoms with Gasteiger partial charge in [0.25, 0.3) is 0 Å². The summed E-state index contributed by atoms with van der Waals surface area (Å²) in [4.78, 5) is 2.92. The van der Waals surface area contributed by atoms with Crippen LogP contribution in [0.2, 0.25) is 0 Å². The van der Waals surface area contributed by atoms with Crippen molar-refractivity contribution in [1.29, 1.82) is 0 Å². The van der Waals surface area contributed by atoms with Crippen molar-refractivity contribution < 1.29 is 0 Å². The molecule has 3 aliphatic carbocycles. The lowest BCUT2D eigenvalue weighted by atomic mass is 9.77. The number of fused-ring (bicyclic) bond motifs is 1. The first-order valence-corrected chi connectivity index (χ1v) is 10.3. The van der Waals surface area contributed by atoms with E-state index in [1.54, 1.807) is 25.7 Å². The van der Waals surface area contributed by atoms with Crippen molar-refractivity contribution in [2.75, 3.05) is 13.1 Å². The van der Waals surface area contributed by atoms with Gasteiger partial charge >= 0.3 is 0 Å². The maximum Gasteiger partial charge on any atom is 0.00957 e. The zero-order valence-corrected chi connectivity index (χ0v) is 14.4. The van der Waals surface area contributed by atoms with Crippen molar-refractivity contribution in [1.82, 2.24) is 4.90 Å². The monoisotopic (exact) mass is 301 g/mol. The molecule has 0 aromatic carbocycles. The lowest BCUT2D eigenvalue weighted by molar-refractivity contribution is 0.133. The van der Waals surface area contributed by atoms with Gasteiger partial charge in [-0.2, -0.15) is 0 Å². The van der Waals surface area contributed by atoms with Gasteiger partial charge in [0.1, 0.15) is 0 Å². The fourth-order valence-electron chi connectivity index (χ4n) is 6.15. The van der Waals surface area contributed by atoms with E-state index in [1.165, 1.54) is 64.5 Å². The Kier molecular flexibility index (Phi) is 4.90. The third kappa shape index (κ3) is 3.30. The van der Waals surface area contributed by atoms with Gasteiger partial charge in [0, 0.05) is 19.1 Å². The van der Waals surface area contributed by atoms with Crippen molar-refractivity contribution in [3.63, 3.8) is 0 Å². The highest BCUT2D eigenvalue weighted by Gasteiger charge is 2.38. The lowest BCUT2D eigenvalue weighted by Gasteiger charge is -2.37. The van der Waals surface area contributed by atoms with E-state index in [4.69, 9.17) is 0 Å². The van der Waals surface area contributed by atoms with Crippen LogP contribution in [0.3, 0.4) is 0 Å². The average molecular weight is 302 g/mol. The molecule has 0 spiro atoms. The van der Waals surface area contributed by atoms with E-state index in [9.17, 15) is 0 Å². The van der Waals surface area contributed by atoms with Gasteiger partial charge in [-0.3, -0.25) is 4.90 Å². The van der Waals surface area contributed by atoms with E-state index in [-0.39, 0.29) is 0 Å². The summed E-state index contributed by atoms with van der Waals surface area (Å²) in [6.07, 6.45) is 22.7. The normalized spacial score (nSPS) is 41.3. The van der Waals surface area contributed by atoms with Gasteiger partial charge in [-0.15, -0.1) is 0 Å². The zero-order chi connectivity index (χ0) is 14.8. The first-order valence-electron chi connectivity index (χ1n) is 10.3. The van der Waals surface area contributed by atoms with Gasteiger partial charge in [0.2, 0.25) is 0 Å². The third-order valence-electron chi connectivity index (χ3n) is 7.50. The zero-order valence-electron chi connectivity index (χ0n) is 14.4. The van der Waals surface area contributed by atoms with E-state index in [2.05, 4.69) is 17.1 Å². The van der Waals surface area contributed by atoms with Crippen LogP contribution < -0.4 is 0 Å². The molecule has 0 N–H and O–H groups in total. The molecule has 1 aliphatic heterocycles. The third-order valence-corrected chi connectivity index (χ3v) is 7.50. The van der Waals surface area contributed by atoms with E-state index in [0.717, 1.165) is 29.7 Å². The molecule has 1 heteroatoms. The second kappa shape index (κ2) is 7.07. The smallest absolute Gasteiger partial charge is 0.00957 e. The minimum atomic E-state index is 0.943. The summed E-state index contributed by atoms with van der Waals surface area (Å²) >= 11 is 0. The average Bonchev–Trinajstić information content (AvgIpc) is 3.18. The first-order chi connectivity index (χ1) is 10.9. The minimum Gasteiger partial charge on any atom is -0.300 e. The van der Waals surface area contributed by atoms with Crippen molar-refractivity contribution in [2.45, 2.75) is 83.1 Å². The summed E-state index contributed by atoms with van der Waals surface area (Å²) in [6, 6.07) is 0.943. The maximum absolute atomic E-state index is 2.92. The highest BCUT2D eigenvalue weighted by atomic mass is 15.2. The molecule has 1 saturated heterocycles. The standard InChI is InChI=1S/C21H35N/c1-2-4-10-20-16-22(15-19(20)9-3-1)21-13-11-18(12-14-21)17-7-5-6-8-17/h1-2,17-21H,3-16H2. The van der Waals surface area contributed by atoms with Gasteiger partial charge in [-0.25, -0.2) is 0 Å². The van der Waals surface area contributed by atoms with Crippen molar-refractivity contribution in [3.05, 3.63) is 12.2 Å². The van der Waals surface area contributed by atoms with Crippen LogP contribution in [0.25, 0.3) is 0 Å². The number of allylic oxidation sites excluding steroid dienone is 2. The van der Waals surface area contributed by atoms with Crippen LogP contribution in [-0.2, 0) is 0 Å². The van der Waals surface area contributed by atoms with Crippen molar-refractivity contribution >= 4 is 0 Å². The Balaban J connectivity index is 1.29. The molecule has 0 aromatic heterocycles. The second-order valence-corrected chi connectivity index (χ2v) is 8.71. The molecule has 0 bridgehead atoms. The van der Waals surface area contributed by atoms with Gasteiger partial charge in [-0.05, 0) is 75.0 Å². The van der Waals surface area contributed by atoms with Crippen LogP contribution >= 0.6 is 0 Å². The quantitative estimate of drug-likeness (QED) is 0.616. The van der Waals surface area contributed by atoms with Crippen LogP contribution in [0, 0.1) is 23.7 Å². The molecule has 4 aliphatic rings. The molecule has 2 unspecified atom stereocenters. The number of hydrogen-bond donors (Lipinski definition) is 0. The van der Waals surface area contributed by atoms with Gasteiger partial charge in [0.05, 0.1) is 0 Å². The minimum absolute atomic E-state index is 0.943. The molecule has 2 atom stereocenters. The lowest BCUT2D eigenvalue weighted by Crippen LogP contribution is -2.37. The molecular formula is C21H35N. The Morgan fingerprint density at radius 1 is 0.545 bits per heavy atom. The van der Waals surface area contributed by atoms with Gasteiger partial charge < -0.3 is 0 Å². The van der Waals surface area contributed by atoms with Crippen molar-refractivity contribution in [3.8, 4) is 0 Å². The molecule has 4 rings (SSSR count). The SMILES string of the molecule is C1=CCCC2CN(C3CCC(C4CCCC4)CC3)CC2CC1. The molecule has 0 aromatic rings. The summed E-state index contributed by atoms with van der Waals surface area (Å²) in [6.45, 7) is 2.86. The van der Waals surface area contributed by atoms with Crippen LogP contribution in [-0.4, -0.2) is 24.0 Å². The van der Waals surface area contributed by atoms with Gasteiger partial charge in [0.15, 0.2) is 0 Å². The van der Waals surface area contributed by atoms with Crippen LogP contribution in [0.1, 0.15) is 77.0 Å². The molecule has 0 radical (unpaired) electrons. The molecular weight excluding hydrogens is 266 g/mol. The maximum atomic E-state index is 2.92. The Hall–Kier alpha value is -0.300. The van der Waals surface area contributed by atoms with Gasteiger partial charge in [-0.1, -0.05) is 37.8 Å². The van der Waals surface area contributed by atoms with E-state index < -0.39 is 0 Å². The Morgan fingerprint density at radius 3 is 1.68 bits per heavy atom. The fourth-order valence-corrected chi connectivity index (χ4v) is 6.15. The summed E-state index contributed by atoms with van der Waals surface area (Å²) in [5, 5.41) is 0. The van der Waals surface area contributed by atoms with E-state index in [1.807, 2.05) is 0 Å². The molecule has 2 saturated carbocycles. The molecule has 3 fully saturated rings. The second-order valence-electron chi connectivity index (χ2n) is 8.71. The topological polar surface area (TPSA) is 3.24 Å². The predicted octanol–water partition coefficient (Wildman–Crippen LogP) is 5.41. The van der Waals surface area contributed by atoms with Crippen LogP contribution in [0.15, 0.2) is 12.2 Å². The predicted molar refractivity (Wildman–Crippen MR) is 93.9 cm³/mol. The molecule has 0 amide bonds.